The Balaban J connectivity index is 2.10. The Morgan fingerprint density at radius 3 is 2.38 bits per heavy atom. The minimum atomic E-state index is -3.97. The monoisotopic (exact) mass is 376 g/mol. The first kappa shape index (κ1) is 19.4. The summed E-state index contributed by atoms with van der Waals surface area (Å²) in [6, 6.07) is 7.12. The Labute approximate surface area is 151 Å². The van der Waals surface area contributed by atoms with Gasteiger partial charge >= 0.3 is 0 Å². The van der Waals surface area contributed by atoms with Crippen molar-refractivity contribution in [3.63, 3.8) is 0 Å². The van der Waals surface area contributed by atoms with Crippen LogP contribution in [0.15, 0.2) is 34.3 Å². The number of rotatable bonds is 6. The third-order valence-corrected chi connectivity index (χ3v) is 5.65. The van der Waals surface area contributed by atoms with Crippen molar-refractivity contribution in [2.45, 2.75) is 37.5 Å². The van der Waals surface area contributed by atoms with Crippen LogP contribution in [-0.2, 0) is 14.8 Å². The van der Waals surface area contributed by atoms with Crippen molar-refractivity contribution in [1.29, 1.82) is 10.7 Å². The second kappa shape index (κ2) is 7.53. The van der Waals surface area contributed by atoms with Crippen molar-refractivity contribution in [2.24, 2.45) is 16.3 Å². The van der Waals surface area contributed by atoms with Crippen molar-refractivity contribution in [1.82, 2.24) is 4.72 Å². The summed E-state index contributed by atoms with van der Waals surface area (Å²) in [6.45, 7) is 1.78. The Kier molecular flexibility index (Phi) is 5.62. The summed E-state index contributed by atoms with van der Waals surface area (Å²) in [6.07, 6.45) is 3.17. The summed E-state index contributed by atoms with van der Waals surface area (Å²) in [7, 11) is -3.97. The van der Waals surface area contributed by atoms with Crippen LogP contribution >= 0.6 is 0 Å². The molecule has 1 aromatic rings. The Morgan fingerprint density at radius 2 is 1.88 bits per heavy atom. The molecule has 1 aromatic carbocycles. The number of nitrogens with two attached hydrogens (primary N) is 1. The predicted molar refractivity (Wildman–Crippen MR) is 96.9 cm³/mol. The maximum absolute atomic E-state index is 12.4. The van der Waals surface area contributed by atoms with Crippen LogP contribution in [0.25, 0.3) is 0 Å². The lowest BCUT2D eigenvalue weighted by atomic mass is 9.88. The number of carbonyl (C=O) groups excluding carboxylic acids is 1. The maximum atomic E-state index is 12.4. The number of sulfonamides is 1. The van der Waals surface area contributed by atoms with Crippen molar-refractivity contribution >= 4 is 33.2 Å². The molecule has 26 heavy (non-hydrogen) atoms. The fourth-order valence-electron chi connectivity index (χ4n) is 2.66. The van der Waals surface area contributed by atoms with Crippen LogP contribution in [0.2, 0.25) is 0 Å². The lowest BCUT2D eigenvalue weighted by molar-refractivity contribution is -0.127. The zero-order valence-electron chi connectivity index (χ0n) is 14.2. The lowest BCUT2D eigenvalue weighted by Gasteiger charge is -2.22. The molecule has 2 rings (SSSR count). The molecule has 0 aromatic heterocycles. The molecule has 9 nitrogen and oxygen atoms in total. The van der Waals surface area contributed by atoms with E-state index in [9.17, 15) is 13.2 Å². The molecule has 0 heterocycles. The van der Waals surface area contributed by atoms with Gasteiger partial charge in [0, 0.05) is 5.41 Å². The second-order valence-corrected chi connectivity index (χ2v) is 8.01. The van der Waals surface area contributed by atoms with Crippen molar-refractivity contribution in [2.75, 3.05) is 5.43 Å². The molecule has 0 aliphatic heterocycles. The minimum absolute atomic E-state index is 0.0611. The zero-order valence-corrected chi connectivity index (χ0v) is 15.1. The molecule has 10 heteroatoms. The second-order valence-electron chi connectivity index (χ2n) is 6.32. The Bertz CT molecular complexity index is 878. The fraction of sp³-hybridized carbons (Fsp3) is 0.375. The van der Waals surface area contributed by atoms with Crippen molar-refractivity contribution in [3.05, 3.63) is 24.3 Å². The van der Waals surface area contributed by atoms with E-state index in [0.717, 1.165) is 12.8 Å². The minimum Gasteiger partial charge on any atom is -0.382 e. The third kappa shape index (κ3) is 4.37. The maximum Gasteiger partial charge on any atom is 0.264 e. The van der Waals surface area contributed by atoms with Gasteiger partial charge in [-0.05, 0) is 37.1 Å². The number of anilines is 1. The molecule has 0 bridgehead atoms. The number of amides is 1. The molecule has 1 saturated carbocycles. The van der Waals surface area contributed by atoms with Crippen LogP contribution in [0.5, 0.6) is 0 Å². The number of amidine groups is 1. The SMILES string of the molecule is CC1(C(=O)NS(=O)(=O)c2ccc(N/N=C(\C#N)C(=N)N)cc2)CCCC1. The molecule has 5 N–H and O–H groups in total. The van der Waals surface area contributed by atoms with Gasteiger partial charge in [0.15, 0.2) is 5.84 Å². The largest absolute Gasteiger partial charge is 0.382 e. The van der Waals surface area contributed by atoms with Gasteiger partial charge in [-0.3, -0.25) is 15.6 Å². The molecule has 1 amide bonds. The van der Waals surface area contributed by atoms with E-state index in [1.54, 1.807) is 13.0 Å². The number of benzene rings is 1. The van der Waals surface area contributed by atoms with Gasteiger partial charge in [0.25, 0.3) is 10.0 Å². The van der Waals surface area contributed by atoms with Gasteiger partial charge in [-0.15, -0.1) is 0 Å². The Morgan fingerprint density at radius 1 is 1.31 bits per heavy atom. The third-order valence-electron chi connectivity index (χ3n) is 4.30. The van der Waals surface area contributed by atoms with Crippen LogP contribution in [0.1, 0.15) is 32.6 Å². The van der Waals surface area contributed by atoms with Gasteiger partial charge in [0.05, 0.1) is 10.6 Å². The topological polar surface area (TPSA) is 161 Å². The molecule has 1 aliphatic rings. The van der Waals surface area contributed by atoms with E-state index in [2.05, 4.69) is 15.2 Å². The number of carbonyl (C=O) groups is 1. The molecule has 0 saturated heterocycles. The summed E-state index contributed by atoms with van der Waals surface area (Å²) >= 11 is 0. The van der Waals surface area contributed by atoms with E-state index >= 15 is 0 Å². The van der Waals surface area contributed by atoms with Crippen LogP contribution in [-0.4, -0.2) is 25.9 Å². The lowest BCUT2D eigenvalue weighted by Crippen LogP contribution is -2.40. The smallest absolute Gasteiger partial charge is 0.264 e. The number of nitriles is 1. The fourth-order valence-corrected chi connectivity index (χ4v) is 3.76. The summed E-state index contributed by atoms with van der Waals surface area (Å²) in [5.41, 5.74) is 7.13. The van der Waals surface area contributed by atoms with Gasteiger partial charge in [-0.1, -0.05) is 19.8 Å². The van der Waals surface area contributed by atoms with Crippen molar-refractivity contribution < 1.29 is 13.2 Å². The van der Waals surface area contributed by atoms with E-state index in [-0.39, 0.29) is 10.6 Å². The van der Waals surface area contributed by atoms with Crippen LogP contribution < -0.4 is 15.9 Å². The van der Waals surface area contributed by atoms with Crippen LogP contribution in [0.4, 0.5) is 5.69 Å². The normalized spacial score (nSPS) is 16.5. The summed E-state index contributed by atoms with van der Waals surface area (Å²) < 4.78 is 26.9. The molecule has 0 atom stereocenters. The van der Waals surface area contributed by atoms with E-state index in [4.69, 9.17) is 16.4 Å². The first-order chi connectivity index (χ1) is 12.2. The molecule has 0 radical (unpaired) electrons. The van der Waals surface area contributed by atoms with Gasteiger partial charge in [0.2, 0.25) is 11.6 Å². The highest BCUT2D eigenvalue weighted by atomic mass is 32.2. The number of nitrogens with one attached hydrogen (secondary N) is 3. The molecule has 0 unspecified atom stereocenters. The molecular weight excluding hydrogens is 356 g/mol. The molecule has 0 spiro atoms. The van der Waals surface area contributed by atoms with Gasteiger partial charge in [-0.2, -0.15) is 10.4 Å². The number of hydrogen-bond donors (Lipinski definition) is 4. The van der Waals surface area contributed by atoms with Gasteiger partial charge < -0.3 is 5.73 Å². The molecule has 1 aliphatic carbocycles. The van der Waals surface area contributed by atoms with Crippen molar-refractivity contribution in [3.8, 4) is 6.07 Å². The van der Waals surface area contributed by atoms with Gasteiger partial charge in [-0.25, -0.2) is 13.1 Å². The highest BCUT2D eigenvalue weighted by molar-refractivity contribution is 7.90. The zero-order chi connectivity index (χ0) is 19.4. The Hall–Kier alpha value is -2.93. The first-order valence-electron chi connectivity index (χ1n) is 7.93. The van der Waals surface area contributed by atoms with E-state index in [0.29, 0.717) is 18.5 Å². The van der Waals surface area contributed by atoms with Gasteiger partial charge in [0.1, 0.15) is 6.07 Å². The summed E-state index contributed by atoms with van der Waals surface area (Å²) in [5, 5.41) is 19.6. The molecular formula is C16H20N6O3S. The molecule has 138 valence electrons. The number of hydrogen-bond acceptors (Lipinski definition) is 7. The molecule has 1 fully saturated rings. The summed E-state index contributed by atoms with van der Waals surface area (Å²) in [5.74, 6) is -0.968. The summed E-state index contributed by atoms with van der Waals surface area (Å²) in [4.78, 5) is 12.3. The quantitative estimate of drug-likeness (QED) is 0.332. The average Bonchev–Trinajstić information content (AvgIpc) is 3.03. The van der Waals surface area contributed by atoms with E-state index in [1.807, 2.05) is 0 Å². The van der Waals surface area contributed by atoms with Crippen LogP contribution in [0.3, 0.4) is 0 Å². The van der Waals surface area contributed by atoms with E-state index in [1.165, 1.54) is 24.3 Å². The number of nitrogens with zero attached hydrogens (tertiary/aromatic N) is 2. The highest BCUT2D eigenvalue weighted by Crippen LogP contribution is 2.37. The van der Waals surface area contributed by atoms with Crippen LogP contribution in [0, 0.1) is 22.2 Å². The average molecular weight is 376 g/mol. The van der Waals surface area contributed by atoms with E-state index < -0.39 is 27.2 Å². The predicted octanol–water partition coefficient (Wildman–Crippen LogP) is 1.30. The number of hydrazone groups is 1. The highest BCUT2D eigenvalue weighted by Gasteiger charge is 2.38. The first-order valence-corrected chi connectivity index (χ1v) is 9.42. The standard InChI is InChI=1S/C16H20N6O3S/c1-16(8-2-3-9-16)15(23)22-26(24,25)12-6-4-11(5-7-12)20-21-13(10-17)14(18)19/h4-7,20H,2-3,8-9H2,1H3,(H3,18,19)(H,22,23)/b21-13+.